The first kappa shape index (κ1) is 16.4. The van der Waals surface area contributed by atoms with Gasteiger partial charge in [0, 0.05) is 12.6 Å². The summed E-state index contributed by atoms with van der Waals surface area (Å²) in [6.07, 6.45) is -3.99. The molecular formula is C12H13ClF3NO3S. The third-order valence-electron chi connectivity index (χ3n) is 3.07. The smallest absolute Gasteiger partial charge is 0.422 e. The fourth-order valence-electron chi connectivity index (χ4n) is 2.04. The summed E-state index contributed by atoms with van der Waals surface area (Å²) >= 11 is 5.88. The van der Waals surface area contributed by atoms with Crippen LogP contribution in [0.15, 0.2) is 23.1 Å². The van der Waals surface area contributed by atoms with Gasteiger partial charge in [0.15, 0.2) is 16.4 Å². The zero-order chi connectivity index (χ0) is 15.7. The molecule has 1 unspecified atom stereocenters. The Morgan fingerprint density at radius 1 is 1.38 bits per heavy atom. The molecule has 0 bridgehead atoms. The Balaban J connectivity index is 2.19. The zero-order valence-corrected chi connectivity index (χ0v) is 12.4. The molecule has 118 valence electrons. The van der Waals surface area contributed by atoms with Crippen LogP contribution in [0.3, 0.4) is 0 Å². The van der Waals surface area contributed by atoms with Crippen LogP contribution in [0.5, 0.6) is 5.75 Å². The molecular weight excluding hydrogens is 331 g/mol. The molecule has 2 rings (SSSR count). The number of rotatable bonds is 4. The standard InChI is InChI=1S/C12H13ClF3NO3S/c13-10-5-8(20-7-12(14,15)16)1-2-11(10)21(18,19)9-3-4-17-6-9/h1-2,5,9,17H,3-4,6-7H2. The minimum Gasteiger partial charge on any atom is -0.484 e. The Bertz CT molecular complexity index is 613. The van der Waals surface area contributed by atoms with Gasteiger partial charge in [-0.25, -0.2) is 8.42 Å². The van der Waals surface area contributed by atoms with Crippen LogP contribution in [0.25, 0.3) is 0 Å². The third kappa shape index (κ3) is 4.02. The van der Waals surface area contributed by atoms with Gasteiger partial charge in [-0.05, 0) is 25.1 Å². The molecule has 1 N–H and O–H groups in total. The summed E-state index contributed by atoms with van der Waals surface area (Å²) in [7, 11) is -3.60. The van der Waals surface area contributed by atoms with Gasteiger partial charge in [0.05, 0.1) is 15.2 Å². The van der Waals surface area contributed by atoms with Gasteiger partial charge >= 0.3 is 6.18 Å². The second-order valence-electron chi connectivity index (χ2n) is 4.66. The highest BCUT2D eigenvalue weighted by atomic mass is 35.5. The molecule has 0 aliphatic carbocycles. The largest absolute Gasteiger partial charge is 0.484 e. The summed E-state index contributed by atoms with van der Waals surface area (Å²) in [5.74, 6) is -0.124. The molecule has 1 atom stereocenters. The van der Waals surface area contributed by atoms with Crippen molar-refractivity contribution in [1.29, 1.82) is 0 Å². The number of hydrogen-bond donors (Lipinski definition) is 1. The number of alkyl halides is 3. The molecule has 0 amide bonds. The zero-order valence-electron chi connectivity index (χ0n) is 10.8. The number of halogens is 4. The number of hydrogen-bond acceptors (Lipinski definition) is 4. The SMILES string of the molecule is O=S(=O)(c1ccc(OCC(F)(F)F)cc1Cl)C1CCNC1. The maximum atomic E-state index is 12.3. The van der Waals surface area contributed by atoms with E-state index in [2.05, 4.69) is 10.1 Å². The van der Waals surface area contributed by atoms with Gasteiger partial charge in [0.1, 0.15) is 5.75 Å². The van der Waals surface area contributed by atoms with Crippen LogP contribution in [-0.2, 0) is 9.84 Å². The van der Waals surface area contributed by atoms with Crippen molar-refractivity contribution in [1.82, 2.24) is 5.32 Å². The average Bonchev–Trinajstić information content (AvgIpc) is 2.89. The van der Waals surface area contributed by atoms with Crippen LogP contribution in [0.1, 0.15) is 6.42 Å². The van der Waals surface area contributed by atoms with E-state index in [1.165, 1.54) is 12.1 Å². The van der Waals surface area contributed by atoms with E-state index in [-0.39, 0.29) is 15.7 Å². The van der Waals surface area contributed by atoms with E-state index in [0.717, 1.165) is 6.07 Å². The highest BCUT2D eigenvalue weighted by molar-refractivity contribution is 7.92. The minimum absolute atomic E-state index is 0.0859. The van der Waals surface area contributed by atoms with Crippen molar-refractivity contribution in [3.63, 3.8) is 0 Å². The molecule has 0 radical (unpaired) electrons. The molecule has 1 aliphatic rings. The van der Waals surface area contributed by atoms with Crippen molar-refractivity contribution in [3.8, 4) is 5.75 Å². The van der Waals surface area contributed by atoms with Crippen molar-refractivity contribution < 1.29 is 26.3 Å². The van der Waals surface area contributed by atoms with Crippen LogP contribution >= 0.6 is 11.6 Å². The monoisotopic (exact) mass is 343 g/mol. The van der Waals surface area contributed by atoms with Crippen LogP contribution < -0.4 is 10.1 Å². The lowest BCUT2D eigenvalue weighted by atomic mass is 10.3. The normalized spacial score (nSPS) is 19.7. The molecule has 1 aromatic rings. The fraction of sp³-hybridized carbons (Fsp3) is 0.500. The van der Waals surface area contributed by atoms with Crippen LogP contribution in [0.4, 0.5) is 13.2 Å². The van der Waals surface area contributed by atoms with Gasteiger partial charge in [-0.1, -0.05) is 11.6 Å². The fourth-order valence-corrected chi connectivity index (χ4v) is 4.25. The van der Waals surface area contributed by atoms with Crippen molar-refractivity contribution in [3.05, 3.63) is 23.2 Å². The van der Waals surface area contributed by atoms with Crippen molar-refractivity contribution in [2.45, 2.75) is 22.7 Å². The summed E-state index contributed by atoms with van der Waals surface area (Å²) in [6, 6.07) is 3.44. The second kappa shape index (κ2) is 6.02. The second-order valence-corrected chi connectivity index (χ2v) is 7.26. The molecule has 1 fully saturated rings. The quantitative estimate of drug-likeness (QED) is 0.912. The Morgan fingerprint density at radius 3 is 2.62 bits per heavy atom. The topological polar surface area (TPSA) is 55.4 Å². The predicted octanol–water partition coefficient (Wildman–Crippen LogP) is 2.42. The summed E-state index contributed by atoms with van der Waals surface area (Å²) in [5, 5.41) is 2.23. The molecule has 1 aliphatic heterocycles. The summed E-state index contributed by atoms with van der Waals surface area (Å²) in [4.78, 5) is -0.0859. The summed E-state index contributed by atoms with van der Waals surface area (Å²) in [5.41, 5.74) is 0. The highest BCUT2D eigenvalue weighted by Gasteiger charge is 2.32. The minimum atomic E-state index is -4.47. The third-order valence-corrected chi connectivity index (χ3v) is 5.74. The molecule has 4 nitrogen and oxygen atoms in total. The lowest BCUT2D eigenvalue weighted by Gasteiger charge is -2.14. The van der Waals surface area contributed by atoms with Gasteiger partial charge in [-0.3, -0.25) is 0 Å². The van der Waals surface area contributed by atoms with Gasteiger partial charge in [0.2, 0.25) is 0 Å². The lowest BCUT2D eigenvalue weighted by Crippen LogP contribution is -2.24. The van der Waals surface area contributed by atoms with Gasteiger partial charge in [0.25, 0.3) is 0 Å². The van der Waals surface area contributed by atoms with E-state index in [0.29, 0.717) is 19.5 Å². The first-order valence-corrected chi connectivity index (χ1v) is 8.06. The molecule has 0 spiro atoms. The van der Waals surface area contributed by atoms with E-state index < -0.39 is 27.9 Å². The van der Waals surface area contributed by atoms with E-state index in [1.807, 2.05) is 0 Å². The molecule has 9 heteroatoms. The predicted molar refractivity (Wildman–Crippen MR) is 71.5 cm³/mol. The molecule has 1 heterocycles. The number of benzene rings is 1. The average molecular weight is 344 g/mol. The Hall–Kier alpha value is -0.990. The van der Waals surface area contributed by atoms with E-state index in [1.54, 1.807) is 0 Å². The van der Waals surface area contributed by atoms with Crippen molar-refractivity contribution in [2.75, 3.05) is 19.7 Å². The summed E-state index contributed by atoms with van der Waals surface area (Å²) in [6.45, 7) is -0.513. The van der Waals surface area contributed by atoms with Gasteiger partial charge in [-0.2, -0.15) is 13.2 Å². The van der Waals surface area contributed by atoms with E-state index in [4.69, 9.17) is 11.6 Å². The molecule has 0 aromatic heterocycles. The maximum Gasteiger partial charge on any atom is 0.422 e. The van der Waals surface area contributed by atoms with Crippen LogP contribution in [0, 0.1) is 0 Å². The summed E-state index contributed by atoms with van der Waals surface area (Å²) < 4.78 is 65.4. The Labute approximate surface area is 125 Å². The Morgan fingerprint density at radius 2 is 2.10 bits per heavy atom. The molecule has 21 heavy (non-hydrogen) atoms. The van der Waals surface area contributed by atoms with Gasteiger partial charge in [-0.15, -0.1) is 0 Å². The molecule has 1 saturated heterocycles. The highest BCUT2D eigenvalue weighted by Crippen LogP contribution is 2.31. The number of sulfone groups is 1. The first-order valence-electron chi connectivity index (χ1n) is 6.14. The van der Waals surface area contributed by atoms with E-state index >= 15 is 0 Å². The Kier molecular flexibility index (Phi) is 4.69. The maximum absolute atomic E-state index is 12.3. The van der Waals surface area contributed by atoms with Crippen molar-refractivity contribution in [2.24, 2.45) is 0 Å². The van der Waals surface area contributed by atoms with E-state index in [9.17, 15) is 21.6 Å². The van der Waals surface area contributed by atoms with Gasteiger partial charge < -0.3 is 10.1 Å². The number of ether oxygens (including phenoxy) is 1. The lowest BCUT2D eigenvalue weighted by molar-refractivity contribution is -0.153. The first-order chi connectivity index (χ1) is 9.70. The van der Waals surface area contributed by atoms with Crippen LogP contribution in [-0.4, -0.2) is 39.5 Å². The molecule has 1 aromatic carbocycles. The van der Waals surface area contributed by atoms with Crippen molar-refractivity contribution >= 4 is 21.4 Å². The van der Waals surface area contributed by atoms with Crippen LogP contribution in [0.2, 0.25) is 5.02 Å². The number of nitrogens with one attached hydrogen (secondary N) is 1. The molecule has 0 saturated carbocycles.